The molecule has 0 unspecified atom stereocenters. The number of aliphatic hydroxyl groups excluding tert-OH is 1. The summed E-state index contributed by atoms with van der Waals surface area (Å²) in [6, 6.07) is 1.47. The molecule has 1 fully saturated rings. The van der Waals surface area contributed by atoms with E-state index in [1.807, 2.05) is 0 Å². The van der Waals surface area contributed by atoms with E-state index >= 15 is 0 Å². The summed E-state index contributed by atoms with van der Waals surface area (Å²) in [4.78, 5) is 11.7. The van der Waals surface area contributed by atoms with Crippen LogP contribution in [-0.4, -0.2) is 33.4 Å². The van der Waals surface area contributed by atoms with E-state index in [0.29, 0.717) is 5.69 Å². The fourth-order valence-electron chi connectivity index (χ4n) is 1.69. The van der Waals surface area contributed by atoms with E-state index in [4.69, 9.17) is 5.73 Å². The largest absolute Gasteiger partial charge is 0.394 e. The van der Waals surface area contributed by atoms with E-state index in [1.54, 1.807) is 0 Å². The zero-order valence-corrected chi connectivity index (χ0v) is 8.29. The molecule has 0 bridgehead atoms. The maximum absolute atomic E-state index is 11.7. The van der Waals surface area contributed by atoms with Gasteiger partial charge in [-0.25, -0.2) is 0 Å². The van der Waals surface area contributed by atoms with Crippen LogP contribution in [0.15, 0.2) is 6.07 Å². The quantitative estimate of drug-likeness (QED) is 0.546. The molecule has 0 aromatic carbocycles. The van der Waals surface area contributed by atoms with Gasteiger partial charge in [-0.05, 0) is 19.3 Å². The number of carbonyl (C=O) groups is 1. The highest BCUT2D eigenvalue weighted by molar-refractivity contribution is 5.93. The van der Waals surface area contributed by atoms with Crippen molar-refractivity contribution in [1.82, 2.24) is 15.5 Å². The van der Waals surface area contributed by atoms with Gasteiger partial charge in [0, 0.05) is 6.07 Å². The Balaban J connectivity index is 2.03. The molecule has 2 rings (SSSR count). The first kappa shape index (κ1) is 9.97. The maximum Gasteiger partial charge on any atom is 0.269 e. The number of anilines is 1. The summed E-state index contributed by atoms with van der Waals surface area (Å²) in [5, 5.41) is 18.2. The number of rotatable bonds is 3. The molecule has 5 N–H and O–H groups in total. The smallest absolute Gasteiger partial charge is 0.269 e. The average molecular weight is 210 g/mol. The Labute approximate surface area is 86.9 Å². The van der Waals surface area contributed by atoms with E-state index in [1.165, 1.54) is 6.07 Å². The molecular weight excluding hydrogens is 196 g/mol. The van der Waals surface area contributed by atoms with E-state index < -0.39 is 5.54 Å². The Kier molecular flexibility index (Phi) is 2.36. The molecule has 0 saturated heterocycles. The Hall–Kier alpha value is -1.56. The van der Waals surface area contributed by atoms with Crippen LogP contribution in [0, 0.1) is 0 Å². The highest BCUT2D eigenvalue weighted by atomic mass is 16.3. The molecule has 6 nitrogen and oxygen atoms in total. The molecule has 1 saturated carbocycles. The van der Waals surface area contributed by atoms with Gasteiger partial charge in [0.05, 0.1) is 12.1 Å². The lowest BCUT2D eigenvalue weighted by Crippen LogP contribution is -2.56. The van der Waals surface area contributed by atoms with Crippen molar-refractivity contribution in [1.29, 1.82) is 0 Å². The first-order chi connectivity index (χ1) is 7.15. The van der Waals surface area contributed by atoms with E-state index in [2.05, 4.69) is 15.5 Å². The number of aromatic amines is 1. The number of hydrogen-bond acceptors (Lipinski definition) is 4. The highest BCUT2D eigenvalue weighted by Crippen LogP contribution is 2.31. The van der Waals surface area contributed by atoms with Crippen molar-refractivity contribution in [3.05, 3.63) is 11.8 Å². The molecule has 0 atom stereocenters. The minimum absolute atomic E-state index is 0.0254. The van der Waals surface area contributed by atoms with Crippen LogP contribution in [0.5, 0.6) is 0 Å². The molecule has 1 heterocycles. The van der Waals surface area contributed by atoms with Crippen molar-refractivity contribution in [2.24, 2.45) is 0 Å². The lowest BCUT2D eigenvalue weighted by molar-refractivity contribution is 0.0637. The normalized spacial score (nSPS) is 18.2. The van der Waals surface area contributed by atoms with Crippen molar-refractivity contribution in [3.8, 4) is 0 Å². The Bertz CT molecular complexity index is 364. The highest BCUT2D eigenvalue weighted by Gasteiger charge is 2.38. The van der Waals surface area contributed by atoms with Crippen molar-refractivity contribution in [2.75, 3.05) is 12.3 Å². The summed E-state index contributed by atoms with van der Waals surface area (Å²) in [5.74, 6) is 0.0137. The number of nitrogens with two attached hydrogens (primary N) is 1. The van der Waals surface area contributed by atoms with Crippen LogP contribution in [0.4, 0.5) is 5.82 Å². The molecule has 1 aromatic rings. The second-order valence-corrected chi connectivity index (χ2v) is 3.95. The Morgan fingerprint density at radius 1 is 1.73 bits per heavy atom. The number of nitrogens with zero attached hydrogens (tertiary/aromatic N) is 1. The number of hydrogen-bond donors (Lipinski definition) is 4. The van der Waals surface area contributed by atoms with Crippen LogP contribution < -0.4 is 11.1 Å². The zero-order chi connectivity index (χ0) is 10.9. The molecule has 1 aliphatic rings. The van der Waals surface area contributed by atoms with Crippen LogP contribution in [-0.2, 0) is 0 Å². The number of amides is 1. The molecule has 1 amide bonds. The molecular formula is C9H14N4O2. The fourth-order valence-corrected chi connectivity index (χ4v) is 1.69. The summed E-state index contributed by atoms with van der Waals surface area (Å²) in [7, 11) is 0. The van der Waals surface area contributed by atoms with Crippen LogP contribution in [0.1, 0.15) is 29.8 Å². The standard InChI is InChI=1S/C9H14N4O2/c10-7-4-6(12-13-7)8(15)11-9(5-14)2-1-3-9/h4,14H,1-3,5H2,(H,11,15)(H3,10,12,13). The minimum Gasteiger partial charge on any atom is -0.394 e. The van der Waals surface area contributed by atoms with E-state index in [9.17, 15) is 9.90 Å². The predicted octanol–water partition coefficient (Wildman–Crippen LogP) is -0.363. The van der Waals surface area contributed by atoms with Gasteiger partial charge in [0.1, 0.15) is 11.5 Å². The lowest BCUT2D eigenvalue weighted by Gasteiger charge is -2.40. The van der Waals surface area contributed by atoms with Gasteiger partial charge in [-0.2, -0.15) is 5.10 Å². The molecule has 0 spiro atoms. The molecule has 0 radical (unpaired) electrons. The zero-order valence-electron chi connectivity index (χ0n) is 8.29. The molecule has 82 valence electrons. The third-order valence-electron chi connectivity index (χ3n) is 2.83. The van der Waals surface area contributed by atoms with Gasteiger partial charge in [0.15, 0.2) is 0 Å². The predicted molar refractivity (Wildman–Crippen MR) is 54.1 cm³/mol. The number of nitrogens with one attached hydrogen (secondary N) is 2. The lowest BCUT2D eigenvalue weighted by atomic mass is 9.77. The van der Waals surface area contributed by atoms with Crippen molar-refractivity contribution >= 4 is 11.7 Å². The van der Waals surface area contributed by atoms with Gasteiger partial charge in [-0.15, -0.1) is 0 Å². The van der Waals surface area contributed by atoms with Gasteiger partial charge < -0.3 is 16.2 Å². The minimum atomic E-state index is -0.434. The van der Waals surface area contributed by atoms with Gasteiger partial charge in [0.2, 0.25) is 0 Å². The average Bonchev–Trinajstić information content (AvgIpc) is 2.58. The number of nitrogen functional groups attached to an aromatic ring is 1. The van der Waals surface area contributed by atoms with Gasteiger partial charge in [0.25, 0.3) is 5.91 Å². The second kappa shape index (κ2) is 3.54. The number of aliphatic hydroxyl groups is 1. The second-order valence-electron chi connectivity index (χ2n) is 3.95. The summed E-state index contributed by atoms with van der Waals surface area (Å²) in [6.45, 7) is -0.0254. The molecule has 15 heavy (non-hydrogen) atoms. The molecule has 0 aliphatic heterocycles. The van der Waals surface area contributed by atoms with Crippen molar-refractivity contribution in [2.45, 2.75) is 24.8 Å². The van der Waals surface area contributed by atoms with E-state index in [0.717, 1.165) is 19.3 Å². The molecule has 6 heteroatoms. The summed E-state index contributed by atoms with van der Waals surface area (Å²) >= 11 is 0. The summed E-state index contributed by atoms with van der Waals surface area (Å²) in [5.41, 5.74) is 5.28. The number of aromatic nitrogens is 2. The number of carbonyl (C=O) groups excluding carboxylic acids is 1. The maximum atomic E-state index is 11.7. The molecule has 1 aromatic heterocycles. The summed E-state index contributed by atoms with van der Waals surface area (Å²) in [6.07, 6.45) is 2.67. The van der Waals surface area contributed by atoms with Gasteiger partial charge in [-0.1, -0.05) is 0 Å². The van der Waals surface area contributed by atoms with Crippen LogP contribution >= 0.6 is 0 Å². The van der Waals surface area contributed by atoms with Crippen molar-refractivity contribution < 1.29 is 9.90 Å². The first-order valence-corrected chi connectivity index (χ1v) is 4.89. The first-order valence-electron chi connectivity index (χ1n) is 4.89. The third kappa shape index (κ3) is 1.80. The summed E-state index contributed by atoms with van der Waals surface area (Å²) < 4.78 is 0. The van der Waals surface area contributed by atoms with Crippen LogP contribution in [0.25, 0.3) is 0 Å². The van der Waals surface area contributed by atoms with Crippen molar-refractivity contribution in [3.63, 3.8) is 0 Å². The fraction of sp³-hybridized carbons (Fsp3) is 0.556. The van der Waals surface area contributed by atoms with Crippen LogP contribution in [0.3, 0.4) is 0 Å². The third-order valence-corrected chi connectivity index (χ3v) is 2.83. The topological polar surface area (TPSA) is 104 Å². The SMILES string of the molecule is Nc1cc(C(=O)NC2(CO)CCC2)[nH]n1. The Morgan fingerprint density at radius 3 is 2.87 bits per heavy atom. The van der Waals surface area contributed by atoms with Gasteiger partial charge in [-0.3, -0.25) is 9.89 Å². The molecule has 1 aliphatic carbocycles. The van der Waals surface area contributed by atoms with Gasteiger partial charge >= 0.3 is 0 Å². The Morgan fingerprint density at radius 2 is 2.47 bits per heavy atom. The van der Waals surface area contributed by atoms with Crippen LogP contribution in [0.2, 0.25) is 0 Å². The monoisotopic (exact) mass is 210 g/mol. The van der Waals surface area contributed by atoms with E-state index in [-0.39, 0.29) is 18.3 Å². The number of H-pyrrole nitrogens is 1.